The van der Waals surface area contributed by atoms with E-state index in [9.17, 15) is 0 Å². The van der Waals surface area contributed by atoms with Crippen LogP contribution in [-0.4, -0.2) is 30.0 Å². The van der Waals surface area contributed by atoms with Crippen molar-refractivity contribution in [1.82, 2.24) is 9.88 Å². The molecule has 1 fully saturated rings. The molecule has 2 nitrogen and oxygen atoms in total. The molecule has 1 saturated carbocycles. The number of hydrogen-bond donors (Lipinski definition) is 0. The molecule has 0 aliphatic heterocycles. The van der Waals surface area contributed by atoms with Crippen molar-refractivity contribution in [2.75, 3.05) is 20.1 Å². The molecule has 0 bridgehead atoms. The number of likely N-dealkylation sites (N-methyl/N-ethyl adjacent to an activating group) is 1. The Balaban J connectivity index is 1.68. The van der Waals surface area contributed by atoms with Crippen molar-refractivity contribution in [3.05, 3.63) is 30.1 Å². The number of rotatable bonds is 5. The minimum absolute atomic E-state index is 0.950. The molecule has 0 saturated heterocycles. The molecule has 1 aromatic heterocycles. The van der Waals surface area contributed by atoms with Gasteiger partial charge in [0.05, 0.1) is 0 Å². The van der Waals surface area contributed by atoms with Crippen molar-refractivity contribution in [3.8, 4) is 0 Å². The van der Waals surface area contributed by atoms with Crippen molar-refractivity contribution in [2.45, 2.75) is 38.5 Å². The van der Waals surface area contributed by atoms with Gasteiger partial charge in [-0.1, -0.05) is 19.3 Å². The van der Waals surface area contributed by atoms with Crippen LogP contribution in [0.2, 0.25) is 0 Å². The highest BCUT2D eigenvalue weighted by Crippen LogP contribution is 2.24. The first-order valence-corrected chi connectivity index (χ1v) is 6.92. The Morgan fingerprint density at radius 3 is 2.59 bits per heavy atom. The van der Waals surface area contributed by atoms with E-state index in [4.69, 9.17) is 0 Å². The van der Waals surface area contributed by atoms with Crippen LogP contribution in [0.3, 0.4) is 0 Å². The molecule has 17 heavy (non-hydrogen) atoms. The van der Waals surface area contributed by atoms with Crippen LogP contribution in [0.4, 0.5) is 0 Å². The molecule has 0 spiro atoms. The fourth-order valence-corrected chi connectivity index (χ4v) is 2.77. The van der Waals surface area contributed by atoms with E-state index in [-0.39, 0.29) is 0 Å². The van der Waals surface area contributed by atoms with Gasteiger partial charge in [0.2, 0.25) is 0 Å². The van der Waals surface area contributed by atoms with Crippen LogP contribution < -0.4 is 0 Å². The van der Waals surface area contributed by atoms with Gasteiger partial charge < -0.3 is 4.90 Å². The first kappa shape index (κ1) is 12.6. The number of hydrogen-bond acceptors (Lipinski definition) is 2. The summed E-state index contributed by atoms with van der Waals surface area (Å²) in [6.07, 6.45) is 12.2. The molecule has 0 atom stereocenters. The summed E-state index contributed by atoms with van der Waals surface area (Å²) in [5, 5.41) is 0. The van der Waals surface area contributed by atoms with Gasteiger partial charge >= 0.3 is 0 Å². The van der Waals surface area contributed by atoms with E-state index in [0.29, 0.717) is 0 Å². The highest BCUT2D eigenvalue weighted by Gasteiger charge is 2.14. The van der Waals surface area contributed by atoms with Crippen molar-refractivity contribution in [3.63, 3.8) is 0 Å². The van der Waals surface area contributed by atoms with E-state index in [2.05, 4.69) is 29.1 Å². The maximum atomic E-state index is 4.05. The highest BCUT2D eigenvalue weighted by molar-refractivity contribution is 5.09. The standard InChI is InChI=1S/C15H24N2/c1-17(13-15-5-3-2-4-6-15)12-9-14-7-10-16-11-8-14/h7-8,10-11,15H,2-6,9,12-13H2,1H3. The highest BCUT2D eigenvalue weighted by atomic mass is 15.1. The third-order valence-electron chi connectivity index (χ3n) is 3.83. The molecule has 1 heterocycles. The van der Waals surface area contributed by atoms with Crippen LogP contribution in [0.5, 0.6) is 0 Å². The first-order chi connectivity index (χ1) is 8.34. The molecule has 94 valence electrons. The summed E-state index contributed by atoms with van der Waals surface area (Å²) < 4.78 is 0. The van der Waals surface area contributed by atoms with E-state index < -0.39 is 0 Å². The van der Waals surface area contributed by atoms with E-state index in [1.165, 1.54) is 50.8 Å². The molecule has 1 aromatic rings. The Kier molecular flexibility index (Phi) is 4.99. The molecular formula is C15H24N2. The quantitative estimate of drug-likeness (QED) is 0.775. The van der Waals surface area contributed by atoms with Gasteiger partial charge in [-0.25, -0.2) is 0 Å². The van der Waals surface area contributed by atoms with Gasteiger partial charge in [0, 0.05) is 25.5 Å². The Morgan fingerprint density at radius 2 is 1.88 bits per heavy atom. The van der Waals surface area contributed by atoms with Crippen LogP contribution in [0.25, 0.3) is 0 Å². The fraction of sp³-hybridized carbons (Fsp3) is 0.667. The maximum Gasteiger partial charge on any atom is 0.0270 e. The maximum absolute atomic E-state index is 4.05. The summed E-state index contributed by atoms with van der Waals surface area (Å²) in [7, 11) is 2.26. The lowest BCUT2D eigenvalue weighted by atomic mass is 9.89. The lowest BCUT2D eigenvalue weighted by Crippen LogP contribution is -2.28. The molecule has 2 rings (SSSR count). The molecular weight excluding hydrogens is 208 g/mol. The second kappa shape index (κ2) is 6.75. The first-order valence-electron chi connectivity index (χ1n) is 6.92. The zero-order valence-electron chi connectivity index (χ0n) is 10.9. The second-order valence-corrected chi connectivity index (χ2v) is 5.37. The average Bonchev–Trinajstić information content (AvgIpc) is 2.39. The molecule has 0 N–H and O–H groups in total. The number of aromatic nitrogens is 1. The fourth-order valence-electron chi connectivity index (χ4n) is 2.77. The Labute approximate surface area is 105 Å². The van der Waals surface area contributed by atoms with Crippen LogP contribution in [0.1, 0.15) is 37.7 Å². The van der Waals surface area contributed by atoms with Gasteiger partial charge in [-0.15, -0.1) is 0 Å². The SMILES string of the molecule is CN(CCc1ccncc1)CC1CCCCC1. The zero-order valence-corrected chi connectivity index (χ0v) is 10.9. The van der Waals surface area contributed by atoms with Gasteiger partial charge in [-0.3, -0.25) is 4.98 Å². The van der Waals surface area contributed by atoms with Crippen LogP contribution in [0.15, 0.2) is 24.5 Å². The summed E-state index contributed by atoms with van der Waals surface area (Å²) in [5.74, 6) is 0.950. The lowest BCUT2D eigenvalue weighted by Gasteiger charge is -2.26. The molecule has 1 aliphatic carbocycles. The Hall–Kier alpha value is -0.890. The Bertz CT molecular complexity index is 304. The summed E-state index contributed by atoms with van der Waals surface area (Å²) >= 11 is 0. The average molecular weight is 232 g/mol. The van der Waals surface area contributed by atoms with E-state index >= 15 is 0 Å². The largest absolute Gasteiger partial charge is 0.306 e. The smallest absolute Gasteiger partial charge is 0.0270 e. The molecule has 0 radical (unpaired) electrons. The Morgan fingerprint density at radius 1 is 1.18 bits per heavy atom. The molecule has 1 aliphatic rings. The third-order valence-corrected chi connectivity index (χ3v) is 3.83. The molecule has 0 amide bonds. The summed E-state index contributed by atoms with van der Waals surface area (Å²) in [6, 6.07) is 4.24. The minimum Gasteiger partial charge on any atom is -0.306 e. The summed E-state index contributed by atoms with van der Waals surface area (Å²) in [5.41, 5.74) is 1.40. The molecule has 2 heteroatoms. The zero-order chi connectivity index (χ0) is 11.9. The summed E-state index contributed by atoms with van der Waals surface area (Å²) in [4.78, 5) is 6.55. The van der Waals surface area contributed by atoms with Gasteiger partial charge in [0.25, 0.3) is 0 Å². The molecule has 0 unspecified atom stereocenters. The van der Waals surface area contributed by atoms with Crippen molar-refractivity contribution in [1.29, 1.82) is 0 Å². The predicted octanol–water partition coefficient (Wildman–Crippen LogP) is 3.14. The van der Waals surface area contributed by atoms with Crippen molar-refractivity contribution in [2.24, 2.45) is 5.92 Å². The topological polar surface area (TPSA) is 16.1 Å². The summed E-state index contributed by atoms with van der Waals surface area (Å²) in [6.45, 7) is 2.45. The predicted molar refractivity (Wildman–Crippen MR) is 72.0 cm³/mol. The lowest BCUT2D eigenvalue weighted by molar-refractivity contribution is 0.235. The van der Waals surface area contributed by atoms with Gasteiger partial charge in [-0.05, 0) is 49.9 Å². The van der Waals surface area contributed by atoms with E-state index in [0.717, 1.165) is 12.3 Å². The van der Waals surface area contributed by atoms with E-state index in [1.54, 1.807) is 0 Å². The van der Waals surface area contributed by atoms with Crippen molar-refractivity contribution >= 4 is 0 Å². The van der Waals surface area contributed by atoms with Gasteiger partial charge in [0.15, 0.2) is 0 Å². The van der Waals surface area contributed by atoms with Crippen LogP contribution in [0, 0.1) is 5.92 Å². The third kappa shape index (κ3) is 4.47. The normalized spacial score (nSPS) is 17.5. The van der Waals surface area contributed by atoms with E-state index in [1.807, 2.05) is 12.4 Å². The second-order valence-electron chi connectivity index (χ2n) is 5.37. The van der Waals surface area contributed by atoms with Crippen LogP contribution in [-0.2, 0) is 6.42 Å². The van der Waals surface area contributed by atoms with Gasteiger partial charge in [0.1, 0.15) is 0 Å². The van der Waals surface area contributed by atoms with Gasteiger partial charge in [-0.2, -0.15) is 0 Å². The monoisotopic (exact) mass is 232 g/mol. The number of nitrogens with zero attached hydrogens (tertiary/aromatic N) is 2. The minimum atomic E-state index is 0.950. The van der Waals surface area contributed by atoms with Crippen molar-refractivity contribution < 1.29 is 0 Å². The van der Waals surface area contributed by atoms with Crippen LogP contribution >= 0.6 is 0 Å². The molecule has 0 aromatic carbocycles. The number of pyridine rings is 1.